The summed E-state index contributed by atoms with van der Waals surface area (Å²) in [4.78, 5) is 24.7. The van der Waals surface area contributed by atoms with Crippen LogP contribution in [0, 0.1) is 20.8 Å². The van der Waals surface area contributed by atoms with Crippen molar-refractivity contribution in [3.8, 4) is 0 Å². The fourth-order valence-corrected chi connectivity index (χ4v) is 3.26. The van der Waals surface area contributed by atoms with Crippen molar-refractivity contribution in [2.24, 2.45) is 0 Å². The Hall–Kier alpha value is -2.56. The van der Waals surface area contributed by atoms with Crippen LogP contribution in [0.25, 0.3) is 0 Å². The molecule has 5 nitrogen and oxygen atoms in total. The topological polar surface area (TPSA) is 68.5 Å². The van der Waals surface area contributed by atoms with Crippen LogP contribution in [-0.4, -0.2) is 18.0 Å². The van der Waals surface area contributed by atoms with Crippen molar-refractivity contribution in [1.82, 2.24) is 0 Å². The number of anilines is 1. The van der Waals surface area contributed by atoms with Crippen LogP contribution >= 0.6 is 0 Å². The molecule has 0 fully saturated rings. The van der Waals surface area contributed by atoms with Gasteiger partial charge in [0.15, 0.2) is 6.10 Å². The number of amides is 1. The molecule has 1 amide bonds. The van der Waals surface area contributed by atoms with Crippen LogP contribution < -0.4 is 5.32 Å². The number of rotatable bonds is 4. The summed E-state index contributed by atoms with van der Waals surface area (Å²) in [6, 6.07) is 5.95. The molecule has 5 heteroatoms. The van der Waals surface area contributed by atoms with Crippen molar-refractivity contribution >= 4 is 17.6 Å². The van der Waals surface area contributed by atoms with Gasteiger partial charge in [0.1, 0.15) is 17.1 Å². The zero-order chi connectivity index (χ0) is 18.1. The van der Waals surface area contributed by atoms with E-state index in [9.17, 15) is 9.59 Å². The second-order valence-electron chi connectivity index (χ2n) is 6.59. The van der Waals surface area contributed by atoms with E-state index in [0.717, 1.165) is 30.5 Å². The number of fused-ring (bicyclic) bond motifs is 1. The SMILES string of the molecule is Cc1oc(C)c(C(=O)O[C@@H](C)C(=O)Nc2ccc3c(c2)CCC3)c1C. The first kappa shape index (κ1) is 17.3. The van der Waals surface area contributed by atoms with Gasteiger partial charge in [0.25, 0.3) is 5.91 Å². The normalized spacial score (nSPS) is 14.1. The van der Waals surface area contributed by atoms with E-state index < -0.39 is 12.1 Å². The maximum absolute atomic E-state index is 12.4. The minimum Gasteiger partial charge on any atom is -0.465 e. The fraction of sp³-hybridized carbons (Fsp3) is 0.400. The number of esters is 1. The van der Waals surface area contributed by atoms with Gasteiger partial charge in [-0.25, -0.2) is 4.79 Å². The number of hydrogen-bond donors (Lipinski definition) is 1. The summed E-state index contributed by atoms with van der Waals surface area (Å²) in [7, 11) is 0. The highest BCUT2D eigenvalue weighted by Crippen LogP contribution is 2.25. The molecule has 1 aliphatic carbocycles. The summed E-state index contributed by atoms with van der Waals surface area (Å²) in [5.74, 6) is 0.302. The van der Waals surface area contributed by atoms with E-state index in [-0.39, 0.29) is 5.91 Å². The summed E-state index contributed by atoms with van der Waals surface area (Å²) >= 11 is 0. The van der Waals surface area contributed by atoms with Gasteiger partial charge in [-0.2, -0.15) is 0 Å². The number of aryl methyl sites for hydroxylation is 4. The van der Waals surface area contributed by atoms with Crippen molar-refractivity contribution in [3.63, 3.8) is 0 Å². The second-order valence-corrected chi connectivity index (χ2v) is 6.59. The highest BCUT2D eigenvalue weighted by atomic mass is 16.5. The second kappa shape index (κ2) is 6.75. The van der Waals surface area contributed by atoms with Gasteiger partial charge in [0.05, 0.1) is 0 Å². The molecule has 0 unspecified atom stereocenters. The molecule has 1 heterocycles. The summed E-state index contributed by atoms with van der Waals surface area (Å²) < 4.78 is 10.8. The number of carbonyl (C=O) groups excluding carboxylic acids is 2. The molecule has 0 aliphatic heterocycles. The first-order valence-corrected chi connectivity index (χ1v) is 8.57. The lowest BCUT2D eigenvalue weighted by atomic mass is 10.1. The smallest absolute Gasteiger partial charge is 0.342 e. The Morgan fingerprint density at radius 2 is 1.84 bits per heavy atom. The van der Waals surface area contributed by atoms with Gasteiger partial charge in [0.2, 0.25) is 0 Å². The fourth-order valence-electron chi connectivity index (χ4n) is 3.26. The molecule has 0 saturated heterocycles. The third-order valence-corrected chi connectivity index (χ3v) is 4.78. The minimum absolute atomic E-state index is 0.346. The average Bonchev–Trinajstić information content (AvgIpc) is 3.11. The molecule has 0 radical (unpaired) electrons. The van der Waals surface area contributed by atoms with Gasteiger partial charge in [0, 0.05) is 11.3 Å². The van der Waals surface area contributed by atoms with E-state index in [4.69, 9.17) is 9.15 Å². The molecule has 0 saturated carbocycles. The molecular weight excluding hydrogens is 318 g/mol. The van der Waals surface area contributed by atoms with Crippen LogP contribution in [0.1, 0.15) is 51.9 Å². The highest BCUT2D eigenvalue weighted by molar-refractivity contribution is 5.98. The minimum atomic E-state index is -0.894. The van der Waals surface area contributed by atoms with Crippen molar-refractivity contribution in [3.05, 3.63) is 52.0 Å². The van der Waals surface area contributed by atoms with E-state index in [1.54, 1.807) is 27.7 Å². The Labute approximate surface area is 147 Å². The number of furan rings is 1. The summed E-state index contributed by atoms with van der Waals surface area (Å²) in [6.07, 6.45) is 2.40. The molecule has 25 heavy (non-hydrogen) atoms. The number of hydrogen-bond acceptors (Lipinski definition) is 4. The lowest BCUT2D eigenvalue weighted by Crippen LogP contribution is -2.30. The summed E-state index contributed by atoms with van der Waals surface area (Å²) in [6.45, 7) is 6.88. The van der Waals surface area contributed by atoms with Crippen molar-refractivity contribution in [2.45, 2.75) is 53.1 Å². The zero-order valence-corrected chi connectivity index (χ0v) is 15.1. The van der Waals surface area contributed by atoms with E-state index in [1.165, 1.54) is 11.1 Å². The molecule has 1 atom stereocenters. The first-order chi connectivity index (χ1) is 11.9. The van der Waals surface area contributed by atoms with Gasteiger partial charge in [-0.15, -0.1) is 0 Å². The Kier molecular flexibility index (Phi) is 4.66. The number of benzene rings is 1. The molecule has 1 N–H and O–H groups in total. The Morgan fingerprint density at radius 1 is 1.12 bits per heavy atom. The number of ether oxygens (including phenoxy) is 1. The Balaban J connectivity index is 1.65. The maximum Gasteiger partial charge on any atom is 0.342 e. The lowest BCUT2D eigenvalue weighted by Gasteiger charge is -2.14. The Bertz CT molecular complexity index is 834. The predicted molar refractivity (Wildman–Crippen MR) is 94.9 cm³/mol. The van der Waals surface area contributed by atoms with Crippen LogP contribution in [0.4, 0.5) is 5.69 Å². The van der Waals surface area contributed by atoms with Crippen LogP contribution in [0.15, 0.2) is 22.6 Å². The van der Waals surface area contributed by atoms with Crippen LogP contribution in [0.3, 0.4) is 0 Å². The van der Waals surface area contributed by atoms with Gasteiger partial charge in [-0.3, -0.25) is 4.79 Å². The van der Waals surface area contributed by atoms with Gasteiger partial charge in [-0.1, -0.05) is 6.07 Å². The number of carbonyl (C=O) groups is 2. The average molecular weight is 341 g/mol. The zero-order valence-electron chi connectivity index (χ0n) is 15.1. The molecule has 1 aromatic heterocycles. The Morgan fingerprint density at radius 3 is 2.52 bits per heavy atom. The van der Waals surface area contributed by atoms with Crippen LogP contribution in [-0.2, 0) is 22.4 Å². The van der Waals surface area contributed by atoms with Crippen molar-refractivity contribution in [2.75, 3.05) is 5.32 Å². The van der Waals surface area contributed by atoms with Crippen LogP contribution in [0.2, 0.25) is 0 Å². The standard InChI is InChI=1S/C20H23NO4/c1-11-12(2)24-13(3)18(11)20(23)25-14(4)19(22)21-17-9-8-15-6-5-7-16(15)10-17/h8-10,14H,5-7H2,1-4H3,(H,21,22)/t14-/m0/s1. The molecule has 3 rings (SSSR count). The van der Waals surface area contributed by atoms with Crippen LogP contribution in [0.5, 0.6) is 0 Å². The molecule has 0 spiro atoms. The third kappa shape index (κ3) is 3.45. The third-order valence-electron chi connectivity index (χ3n) is 4.78. The van der Waals surface area contributed by atoms with Gasteiger partial charge >= 0.3 is 5.97 Å². The van der Waals surface area contributed by atoms with Gasteiger partial charge in [-0.05, 0) is 70.2 Å². The number of nitrogens with one attached hydrogen (secondary N) is 1. The molecule has 2 aromatic rings. The highest BCUT2D eigenvalue weighted by Gasteiger charge is 2.25. The molecular formula is C20H23NO4. The van der Waals surface area contributed by atoms with Gasteiger partial charge < -0.3 is 14.5 Å². The quantitative estimate of drug-likeness (QED) is 0.857. The van der Waals surface area contributed by atoms with E-state index in [2.05, 4.69) is 11.4 Å². The summed E-state index contributed by atoms with van der Waals surface area (Å²) in [5, 5.41) is 2.82. The van der Waals surface area contributed by atoms with E-state index >= 15 is 0 Å². The predicted octanol–water partition coefficient (Wildman–Crippen LogP) is 3.88. The van der Waals surface area contributed by atoms with Crippen molar-refractivity contribution in [1.29, 1.82) is 0 Å². The van der Waals surface area contributed by atoms with E-state index in [1.807, 2.05) is 12.1 Å². The monoisotopic (exact) mass is 341 g/mol. The molecule has 1 aliphatic rings. The first-order valence-electron chi connectivity index (χ1n) is 8.57. The molecule has 132 valence electrons. The van der Waals surface area contributed by atoms with E-state index in [0.29, 0.717) is 17.1 Å². The van der Waals surface area contributed by atoms with Crippen molar-refractivity contribution < 1.29 is 18.7 Å². The lowest BCUT2D eigenvalue weighted by molar-refractivity contribution is -0.123. The molecule has 0 bridgehead atoms. The molecule has 1 aromatic carbocycles. The largest absolute Gasteiger partial charge is 0.465 e. The maximum atomic E-state index is 12.4. The summed E-state index contributed by atoms with van der Waals surface area (Å²) in [5.41, 5.74) is 4.50.